The van der Waals surface area contributed by atoms with E-state index in [1.54, 1.807) is 13.8 Å². The Kier molecular flexibility index (Phi) is 2.59. The van der Waals surface area contributed by atoms with Crippen molar-refractivity contribution in [2.75, 3.05) is 13.2 Å². The minimum Gasteiger partial charge on any atom is -0.350 e. The second-order valence-corrected chi connectivity index (χ2v) is 3.24. The third kappa shape index (κ3) is 2.12. The first kappa shape index (κ1) is 9.35. The van der Waals surface area contributed by atoms with Crippen LogP contribution in [0, 0.1) is 5.92 Å². The van der Waals surface area contributed by atoms with E-state index >= 15 is 0 Å². The first-order chi connectivity index (χ1) is 5.55. The smallest absolute Gasteiger partial charge is 0.202 e. The molecule has 1 aliphatic heterocycles. The monoisotopic (exact) mass is 172 g/mol. The standard InChI is InChI=1S/C8H12O4/c1-8(2)11-4-6(5-12-8)7(10)3-9/h3,6H,4-5H2,1-2H3. The molecule has 0 N–H and O–H groups in total. The van der Waals surface area contributed by atoms with Crippen LogP contribution in [-0.2, 0) is 19.1 Å². The fourth-order valence-electron chi connectivity index (χ4n) is 0.953. The molecule has 1 rings (SSSR count). The number of carbonyl (C=O) groups is 2. The maximum Gasteiger partial charge on any atom is 0.202 e. The molecule has 1 fully saturated rings. The molecule has 1 heterocycles. The fraction of sp³-hybridized carbons (Fsp3) is 0.750. The molecular formula is C8H12O4. The number of ether oxygens (including phenoxy) is 2. The molecule has 1 aliphatic rings. The highest BCUT2D eigenvalue weighted by atomic mass is 16.7. The van der Waals surface area contributed by atoms with Crippen LogP contribution >= 0.6 is 0 Å². The van der Waals surface area contributed by atoms with Crippen LogP contribution in [0.25, 0.3) is 0 Å². The molecule has 0 saturated carbocycles. The lowest BCUT2D eigenvalue weighted by Crippen LogP contribution is -2.42. The van der Waals surface area contributed by atoms with Crippen molar-refractivity contribution >= 4 is 12.1 Å². The minimum atomic E-state index is -0.625. The summed E-state index contributed by atoms with van der Waals surface area (Å²) in [6.07, 6.45) is 0.315. The van der Waals surface area contributed by atoms with Gasteiger partial charge in [-0.25, -0.2) is 0 Å². The molecular weight excluding hydrogens is 160 g/mol. The van der Waals surface area contributed by atoms with Crippen LogP contribution in [0.5, 0.6) is 0 Å². The van der Waals surface area contributed by atoms with Gasteiger partial charge in [-0.05, 0) is 13.8 Å². The summed E-state index contributed by atoms with van der Waals surface area (Å²) in [5.41, 5.74) is 0. The van der Waals surface area contributed by atoms with Crippen molar-refractivity contribution in [3.05, 3.63) is 0 Å². The molecule has 4 nitrogen and oxygen atoms in total. The second kappa shape index (κ2) is 3.33. The van der Waals surface area contributed by atoms with E-state index in [1.807, 2.05) is 0 Å². The molecule has 12 heavy (non-hydrogen) atoms. The first-order valence-electron chi connectivity index (χ1n) is 3.82. The number of rotatable bonds is 2. The zero-order valence-corrected chi connectivity index (χ0v) is 7.20. The molecule has 68 valence electrons. The first-order valence-corrected chi connectivity index (χ1v) is 3.82. The van der Waals surface area contributed by atoms with E-state index < -0.39 is 17.5 Å². The van der Waals surface area contributed by atoms with Gasteiger partial charge in [0.1, 0.15) is 0 Å². The van der Waals surface area contributed by atoms with Crippen molar-refractivity contribution in [1.29, 1.82) is 0 Å². The number of carbonyl (C=O) groups excluding carboxylic acids is 2. The van der Waals surface area contributed by atoms with Gasteiger partial charge >= 0.3 is 0 Å². The van der Waals surface area contributed by atoms with Gasteiger partial charge in [-0.2, -0.15) is 0 Å². The SMILES string of the molecule is CC1(C)OCC(C(=O)C=O)CO1. The van der Waals surface area contributed by atoms with Gasteiger partial charge in [0.25, 0.3) is 0 Å². The molecule has 0 atom stereocenters. The molecule has 4 heteroatoms. The molecule has 0 aromatic rings. The minimum absolute atomic E-state index is 0.268. The Morgan fingerprint density at radius 1 is 1.42 bits per heavy atom. The highest BCUT2D eigenvalue weighted by Gasteiger charge is 2.31. The average molecular weight is 172 g/mol. The quantitative estimate of drug-likeness (QED) is 0.439. The predicted octanol–water partition coefficient (Wildman–Crippen LogP) is 0.153. The molecule has 0 bridgehead atoms. The van der Waals surface area contributed by atoms with Gasteiger partial charge in [0.2, 0.25) is 5.78 Å². The van der Waals surface area contributed by atoms with Crippen LogP contribution in [0.3, 0.4) is 0 Å². The van der Waals surface area contributed by atoms with Gasteiger partial charge in [-0.15, -0.1) is 0 Å². The fourth-order valence-corrected chi connectivity index (χ4v) is 0.953. The molecule has 0 aromatic heterocycles. The summed E-state index contributed by atoms with van der Waals surface area (Å²) in [4.78, 5) is 21.0. The van der Waals surface area contributed by atoms with Crippen LogP contribution in [0.1, 0.15) is 13.8 Å². The summed E-state index contributed by atoms with van der Waals surface area (Å²) >= 11 is 0. The zero-order chi connectivity index (χ0) is 9.19. The van der Waals surface area contributed by atoms with E-state index in [9.17, 15) is 9.59 Å². The number of hydrogen-bond donors (Lipinski definition) is 0. The van der Waals surface area contributed by atoms with Crippen LogP contribution < -0.4 is 0 Å². The summed E-state index contributed by atoms with van der Waals surface area (Å²) in [5, 5.41) is 0. The number of hydrogen-bond acceptors (Lipinski definition) is 4. The Hall–Kier alpha value is -0.740. The zero-order valence-electron chi connectivity index (χ0n) is 7.20. The topological polar surface area (TPSA) is 52.6 Å². The van der Waals surface area contributed by atoms with Crippen molar-refractivity contribution in [3.8, 4) is 0 Å². The number of aldehydes is 1. The second-order valence-electron chi connectivity index (χ2n) is 3.24. The van der Waals surface area contributed by atoms with Gasteiger partial charge < -0.3 is 9.47 Å². The molecule has 0 radical (unpaired) electrons. The summed E-state index contributed by atoms with van der Waals surface area (Å²) in [7, 11) is 0. The van der Waals surface area contributed by atoms with E-state index in [0.29, 0.717) is 6.29 Å². The van der Waals surface area contributed by atoms with Crippen LogP contribution in [0.15, 0.2) is 0 Å². The maximum atomic E-state index is 10.8. The Labute approximate surface area is 70.8 Å². The van der Waals surface area contributed by atoms with Gasteiger partial charge in [0, 0.05) is 0 Å². The maximum absolute atomic E-state index is 10.8. The third-order valence-electron chi connectivity index (χ3n) is 1.78. The van der Waals surface area contributed by atoms with Crippen molar-refractivity contribution in [3.63, 3.8) is 0 Å². The van der Waals surface area contributed by atoms with Crippen LogP contribution in [0.4, 0.5) is 0 Å². The van der Waals surface area contributed by atoms with Crippen LogP contribution in [0.2, 0.25) is 0 Å². The van der Waals surface area contributed by atoms with Gasteiger partial charge in [-0.1, -0.05) is 0 Å². The molecule has 0 unspecified atom stereocenters. The molecule has 0 aromatic carbocycles. The van der Waals surface area contributed by atoms with Crippen molar-refractivity contribution in [1.82, 2.24) is 0 Å². The Balaban J connectivity index is 2.46. The number of Topliss-reactive ketones (excluding diaryl/α,β-unsaturated/α-hetero) is 1. The van der Waals surface area contributed by atoms with E-state index in [1.165, 1.54) is 0 Å². The van der Waals surface area contributed by atoms with Crippen molar-refractivity contribution < 1.29 is 19.1 Å². The van der Waals surface area contributed by atoms with E-state index in [0.717, 1.165) is 0 Å². The van der Waals surface area contributed by atoms with Crippen molar-refractivity contribution in [2.24, 2.45) is 5.92 Å². The predicted molar refractivity (Wildman–Crippen MR) is 40.5 cm³/mol. The van der Waals surface area contributed by atoms with Gasteiger partial charge in [0.15, 0.2) is 12.1 Å². The lowest BCUT2D eigenvalue weighted by molar-refractivity contribution is -0.258. The lowest BCUT2D eigenvalue weighted by atomic mass is 10.1. The molecule has 0 aliphatic carbocycles. The largest absolute Gasteiger partial charge is 0.350 e. The summed E-state index contributed by atoms with van der Waals surface area (Å²) in [6.45, 7) is 4.08. The highest BCUT2D eigenvalue weighted by molar-refractivity contribution is 6.26. The summed E-state index contributed by atoms with van der Waals surface area (Å²) in [5.74, 6) is -1.50. The van der Waals surface area contributed by atoms with Crippen LogP contribution in [-0.4, -0.2) is 31.1 Å². The summed E-state index contributed by atoms with van der Waals surface area (Å²) in [6, 6.07) is 0. The van der Waals surface area contributed by atoms with Gasteiger partial charge in [0.05, 0.1) is 19.1 Å². The molecule has 1 saturated heterocycles. The van der Waals surface area contributed by atoms with E-state index in [-0.39, 0.29) is 13.2 Å². The van der Waals surface area contributed by atoms with E-state index in [2.05, 4.69) is 0 Å². The lowest BCUT2D eigenvalue weighted by Gasteiger charge is -2.33. The molecule has 0 spiro atoms. The van der Waals surface area contributed by atoms with Crippen molar-refractivity contribution in [2.45, 2.75) is 19.6 Å². The number of ketones is 1. The Morgan fingerprint density at radius 2 is 1.92 bits per heavy atom. The Bertz CT molecular complexity index is 187. The average Bonchev–Trinajstić information content (AvgIpc) is 2.03. The molecule has 0 amide bonds. The Morgan fingerprint density at radius 3 is 2.33 bits per heavy atom. The van der Waals surface area contributed by atoms with E-state index in [4.69, 9.17) is 9.47 Å². The third-order valence-corrected chi connectivity index (χ3v) is 1.78. The normalized spacial score (nSPS) is 23.5. The van der Waals surface area contributed by atoms with Gasteiger partial charge in [-0.3, -0.25) is 9.59 Å². The summed E-state index contributed by atoms with van der Waals surface area (Å²) < 4.78 is 10.4. The highest BCUT2D eigenvalue weighted by Crippen LogP contribution is 2.20.